The lowest BCUT2D eigenvalue weighted by atomic mass is 9.73. The predicted molar refractivity (Wildman–Crippen MR) is 58.0 cm³/mol. The second-order valence-electron chi connectivity index (χ2n) is 3.79. The minimum absolute atomic E-state index is 0.104. The normalized spacial score (nSPS) is 31.1. The molecule has 14 heavy (non-hydrogen) atoms. The fraction of sp³-hybridized carbons (Fsp3) is 0.500. The fourth-order valence-corrected chi connectivity index (χ4v) is 2.26. The van der Waals surface area contributed by atoms with Crippen LogP contribution in [0.5, 0.6) is 0 Å². The van der Waals surface area contributed by atoms with Crippen LogP contribution in [0.3, 0.4) is 0 Å². The molecule has 1 aromatic heterocycles. The third-order valence-corrected chi connectivity index (χ3v) is 3.27. The Bertz CT molecular complexity index is 350. The molecule has 0 radical (unpaired) electrons. The third kappa shape index (κ3) is 1.53. The van der Waals surface area contributed by atoms with E-state index in [4.69, 9.17) is 0 Å². The molecule has 0 amide bonds. The maximum absolute atomic E-state index is 10.2. The van der Waals surface area contributed by atoms with E-state index in [1.165, 1.54) is 0 Å². The second-order valence-corrected chi connectivity index (χ2v) is 4.71. The summed E-state index contributed by atoms with van der Waals surface area (Å²) in [5.41, 5.74) is -0.632. The van der Waals surface area contributed by atoms with Gasteiger partial charge in [-0.25, -0.2) is 0 Å². The number of halogens is 1. The zero-order valence-corrected chi connectivity index (χ0v) is 9.44. The van der Waals surface area contributed by atoms with Crippen molar-refractivity contribution >= 4 is 15.9 Å². The molecule has 2 rings (SSSR count). The summed E-state index contributed by atoms with van der Waals surface area (Å²) >= 11 is 3.35. The molecule has 1 fully saturated rings. The zero-order chi connectivity index (χ0) is 10.2. The number of rotatable bonds is 3. The van der Waals surface area contributed by atoms with Gasteiger partial charge in [-0.05, 0) is 35.2 Å². The van der Waals surface area contributed by atoms with E-state index in [1.807, 2.05) is 10.9 Å². The average Bonchev–Trinajstić information content (AvgIpc) is 2.50. The SMILES string of the molecule is C=CC[C@]1(O)CCC1n1cc(Br)cn1. The largest absolute Gasteiger partial charge is 0.387 e. The molecule has 0 spiro atoms. The molecule has 2 atom stereocenters. The van der Waals surface area contributed by atoms with Gasteiger partial charge in [0.25, 0.3) is 0 Å². The van der Waals surface area contributed by atoms with Gasteiger partial charge in [0.05, 0.1) is 22.3 Å². The summed E-state index contributed by atoms with van der Waals surface area (Å²) in [5, 5.41) is 14.4. The van der Waals surface area contributed by atoms with Crippen molar-refractivity contribution in [2.45, 2.75) is 30.9 Å². The van der Waals surface area contributed by atoms with Crippen molar-refractivity contribution in [1.82, 2.24) is 9.78 Å². The highest BCUT2D eigenvalue weighted by atomic mass is 79.9. The molecule has 1 heterocycles. The number of hydrogen-bond donors (Lipinski definition) is 1. The van der Waals surface area contributed by atoms with Gasteiger partial charge in [-0.1, -0.05) is 6.08 Å². The summed E-state index contributed by atoms with van der Waals surface area (Å²) in [5.74, 6) is 0. The lowest BCUT2D eigenvalue weighted by Gasteiger charge is -2.44. The van der Waals surface area contributed by atoms with Gasteiger partial charge in [-0.2, -0.15) is 5.10 Å². The van der Waals surface area contributed by atoms with Crippen LogP contribution < -0.4 is 0 Å². The van der Waals surface area contributed by atoms with Gasteiger partial charge < -0.3 is 5.11 Å². The summed E-state index contributed by atoms with van der Waals surface area (Å²) in [7, 11) is 0. The predicted octanol–water partition coefficient (Wildman–Crippen LogP) is 2.29. The van der Waals surface area contributed by atoms with E-state index in [0.29, 0.717) is 6.42 Å². The van der Waals surface area contributed by atoms with E-state index in [-0.39, 0.29) is 6.04 Å². The first kappa shape index (κ1) is 9.93. The van der Waals surface area contributed by atoms with Crippen molar-refractivity contribution < 1.29 is 5.11 Å². The first-order valence-electron chi connectivity index (χ1n) is 4.69. The maximum Gasteiger partial charge on any atom is 0.0905 e. The average molecular weight is 257 g/mol. The van der Waals surface area contributed by atoms with Crippen LogP contribution in [-0.4, -0.2) is 20.5 Å². The van der Waals surface area contributed by atoms with Crippen LogP contribution in [0.4, 0.5) is 0 Å². The third-order valence-electron chi connectivity index (χ3n) is 2.86. The van der Waals surface area contributed by atoms with Crippen LogP contribution in [0.2, 0.25) is 0 Å². The quantitative estimate of drug-likeness (QED) is 0.843. The van der Waals surface area contributed by atoms with Gasteiger partial charge in [-0.15, -0.1) is 6.58 Å². The minimum Gasteiger partial charge on any atom is -0.387 e. The van der Waals surface area contributed by atoms with Crippen molar-refractivity contribution in [3.63, 3.8) is 0 Å². The van der Waals surface area contributed by atoms with Crippen LogP contribution in [0.1, 0.15) is 25.3 Å². The number of aliphatic hydroxyl groups is 1. The Labute approximate surface area is 91.6 Å². The Morgan fingerprint density at radius 3 is 3.07 bits per heavy atom. The van der Waals surface area contributed by atoms with Crippen LogP contribution in [0.15, 0.2) is 29.5 Å². The molecule has 0 aromatic carbocycles. The van der Waals surface area contributed by atoms with Crippen LogP contribution in [0.25, 0.3) is 0 Å². The molecule has 3 nitrogen and oxygen atoms in total. The standard InChI is InChI=1S/C10H13BrN2O/c1-2-4-10(14)5-3-9(10)13-7-8(11)6-12-13/h2,6-7,9,14H,1,3-5H2/t9?,10-/m0/s1. The van der Waals surface area contributed by atoms with Crippen LogP contribution >= 0.6 is 15.9 Å². The van der Waals surface area contributed by atoms with Crippen molar-refractivity contribution in [2.75, 3.05) is 0 Å². The number of hydrogen-bond acceptors (Lipinski definition) is 2. The van der Waals surface area contributed by atoms with Crippen molar-refractivity contribution in [3.8, 4) is 0 Å². The molecule has 1 unspecified atom stereocenters. The van der Waals surface area contributed by atoms with Crippen LogP contribution in [-0.2, 0) is 0 Å². The molecule has 0 saturated heterocycles. The van der Waals surface area contributed by atoms with E-state index in [0.717, 1.165) is 17.3 Å². The van der Waals surface area contributed by atoms with Gasteiger partial charge in [-0.3, -0.25) is 4.68 Å². The van der Waals surface area contributed by atoms with Crippen molar-refractivity contribution in [2.24, 2.45) is 0 Å². The molecule has 1 aliphatic rings. The summed E-state index contributed by atoms with van der Waals surface area (Å²) in [4.78, 5) is 0. The van der Waals surface area contributed by atoms with E-state index >= 15 is 0 Å². The monoisotopic (exact) mass is 256 g/mol. The first-order chi connectivity index (χ1) is 6.65. The Morgan fingerprint density at radius 1 is 1.86 bits per heavy atom. The van der Waals surface area contributed by atoms with E-state index in [1.54, 1.807) is 12.3 Å². The highest BCUT2D eigenvalue weighted by Crippen LogP contribution is 2.44. The highest BCUT2D eigenvalue weighted by molar-refractivity contribution is 9.10. The Morgan fingerprint density at radius 2 is 2.64 bits per heavy atom. The van der Waals surface area contributed by atoms with Crippen LogP contribution in [0, 0.1) is 0 Å². The van der Waals surface area contributed by atoms with Gasteiger partial charge in [0.2, 0.25) is 0 Å². The zero-order valence-electron chi connectivity index (χ0n) is 7.86. The molecule has 1 N–H and O–H groups in total. The van der Waals surface area contributed by atoms with Gasteiger partial charge in [0, 0.05) is 6.20 Å². The van der Waals surface area contributed by atoms with Gasteiger partial charge in [0.15, 0.2) is 0 Å². The maximum atomic E-state index is 10.2. The van der Waals surface area contributed by atoms with Gasteiger partial charge >= 0.3 is 0 Å². The fourth-order valence-electron chi connectivity index (χ4n) is 1.96. The molecular weight excluding hydrogens is 244 g/mol. The molecule has 1 aromatic rings. The van der Waals surface area contributed by atoms with Gasteiger partial charge in [0.1, 0.15) is 0 Å². The lowest BCUT2D eigenvalue weighted by molar-refractivity contribution is -0.0869. The Balaban J connectivity index is 2.16. The molecule has 0 bridgehead atoms. The van der Waals surface area contributed by atoms with Crippen molar-refractivity contribution in [3.05, 3.63) is 29.5 Å². The molecule has 0 aliphatic heterocycles. The minimum atomic E-state index is -0.632. The second kappa shape index (κ2) is 3.51. The summed E-state index contributed by atoms with van der Waals surface area (Å²) < 4.78 is 2.78. The Kier molecular flexibility index (Phi) is 2.49. The van der Waals surface area contributed by atoms with Crippen molar-refractivity contribution in [1.29, 1.82) is 0 Å². The first-order valence-corrected chi connectivity index (χ1v) is 5.48. The molecule has 4 heteroatoms. The lowest BCUT2D eigenvalue weighted by Crippen LogP contribution is -2.47. The van der Waals surface area contributed by atoms with E-state index in [2.05, 4.69) is 27.6 Å². The Hall–Kier alpha value is -0.610. The molecular formula is C10H13BrN2O. The number of nitrogens with zero attached hydrogens (tertiary/aromatic N) is 2. The van der Waals surface area contributed by atoms with E-state index < -0.39 is 5.60 Å². The number of aromatic nitrogens is 2. The summed E-state index contributed by atoms with van der Waals surface area (Å²) in [6.45, 7) is 3.66. The molecule has 76 valence electrons. The highest BCUT2D eigenvalue weighted by Gasteiger charge is 2.45. The molecule has 1 saturated carbocycles. The smallest absolute Gasteiger partial charge is 0.0905 e. The molecule has 1 aliphatic carbocycles. The van der Waals surface area contributed by atoms with E-state index in [9.17, 15) is 5.11 Å². The summed E-state index contributed by atoms with van der Waals surface area (Å²) in [6, 6.07) is 0.104. The summed E-state index contributed by atoms with van der Waals surface area (Å²) in [6.07, 6.45) is 7.87. The topological polar surface area (TPSA) is 38.0 Å².